The highest BCUT2D eigenvalue weighted by Gasteiger charge is 2.58. The second-order valence-electron chi connectivity index (χ2n) is 5.35. The van der Waals surface area contributed by atoms with E-state index in [9.17, 15) is 31.5 Å². The van der Waals surface area contributed by atoms with Crippen LogP contribution in [0.3, 0.4) is 0 Å². The first-order valence-electron chi connectivity index (χ1n) is 6.83. The van der Waals surface area contributed by atoms with Crippen LogP contribution in [0.15, 0.2) is 24.3 Å². The predicted molar refractivity (Wildman–Crippen MR) is 72.8 cm³/mol. The molecule has 0 aliphatic carbocycles. The number of halogens is 5. The molecule has 1 aromatic carbocycles. The van der Waals surface area contributed by atoms with Gasteiger partial charge in [0.1, 0.15) is 0 Å². The summed E-state index contributed by atoms with van der Waals surface area (Å²) in [5.41, 5.74) is -0.166. The third kappa shape index (κ3) is 5.47. The molecule has 0 bridgehead atoms. The normalized spacial score (nSPS) is 12.2. The fraction of sp³-hybridized carbons (Fsp3) is 0.467. The van der Waals surface area contributed by atoms with Crippen molar-refractivity contribution in [2.45, 2.75) is 25.9 Å². The minimum Gasteiger partial charge on any atom is -0.462 e. The van der Waals surface area contributed by atoms with E-state index in [1.807, 2.05) is 13.8 Å². The van der Waals surface area contributed by atoms with Crippen molar-refractivity contribution in [3.05, 3.63) is 35.4 Å². The molecule has 1 rings (SSSR count). The summed E-state index contributed by atoms with van der Waals surface area (Å²) in [6.07, 6.45) is -5.81. The molecule has 134 valence electrons. The van der Waals surface area contributed by atoms with Gasteiger partial charge in [-0.1, -0.05) is 13.8 Å². The highest BCUT2D eigenvalue weighted by atomic mass is 19.4. The van der Waals surface area contributed by atoms with E-state index in [2.05, 4.69) is 4.74 Å². The zero-order chi connectivity index (χ0) is 18.5. The lowest BCUT2D eigenvalue weighted by Crippen LogP contribution is -2.41. The van der Waals surface area contributed by atoms with Gasteiger partial charge >= 0.3 is 24.0 Å². The number of esters is 2. The van der Waals surface area contributed by atoms with Crippen molar-refractivity contribution in [1.29, 1.82) is 0 Å². The third-order valence-electron chi connectivity index (χ3n) is 2.70. The Hall–Kier alpha value is -2.19. The molecule has 0 saturated heterocycles. The van der Waals surface area contributed by atoms with Crippen molar-refractivity contribution in [1.82, 2.24) is 0 Å². The van der Waals surface area contributed by atoms with Gasteiger partial charge in [-0.15, -0.1) is 0 Å². The summed E-state index contributed by atoms with van der Waals surface area (Å²) in [5, 5.41) is 0. The van der Waals surface area contributed by atoms with Crippen LogP contribution >= 0.6 is 0 Å². The molecule has 0 N–H and O–H groups in total. The van der Waals surface area contributed by atoms with E-state index in [1.54, 1.807) is 0 Å². The van der Waals surface area contributed by atoms with Gasteiger partial charge in [0.2, 0.25) is 0 Å². The number of rotatable bonds is 6. The molecule has 0 fully saturated rings. The van der Waals surface area contributed by atoms with Crippen molar-refractivity contribution in [3.63, 3.8) is 0 Å². The topological polar surface area (TPSA) is 52.6 Å². The molecule has 9 heteroatoms. The van der Waals surface area contributed by atoms with E-state index in [1.165, 1.54) is 12.1 Å². The molecule has 0 radical (unpaired) electrons. The molecule has 0 atom stereocenters. The summed E-state index contributed by atoms with van der Waals surface area (Å²) in [4.78, 5) is 23.1. The number of alkyl halides is 5. The monoisotopic (exact) mass is 354 g/mol. The third-order valence-corrected chi connectivity index (χ3v) is 2.70. The Kier molecular flexibility index (Phi) is 6.28. The standard InChI is InChI=1S/C15H15F5O4/c1-9(2)7-23-12(21)10-3-5-11(6-4-10)13(22)24-8-14(16,17)15(18,19)20/h3-6,9H,7-8H2,1-2H3. The lowest BCUT2D eigenvalue weighted by molar-refractivity contribution is -0.292. The van der Waals surface area contributed by atoms with E-state index in [0.717, 1.165) is 12.1 Å². The van der Waals surface area contributed by atoms with E-state index >= 15 is 0 Å². The van der Waals surface area contributed by atoms with Gasteiger partial charge in [-0.25, -0.2) is 9.59 Å². The first-order valence-corrected chi connectivity index (χ1v) is 6.83. The molecule has 0 spiro atoms. The number of carbonyl (C=O) groups is 2. The maximum Gasteiger partial charge on any atom is 0.456 e. The van der Waals surface area contributed by atoms with Gasteiger partial charge in [-0.05, 0) is 30.2 Å². The SMILES string of the molecule is CC(C)COC(=O)c1ccc(C(=O)OCC(F)(F)C(F)(F)F)cc1. The molecule has 0 unspecified atom stereocenters. The maximum absolute atomic E-state index is 12.7. The Morgan fingerprint density at radius 1 is 0.917 bits per heavy atom. The molecule has 0 saturated carbocycles. The maximum atomic E-state index is 12.7. The Labute approximate surface area is 134 Å². The van der Waals surface area contributed by atoms with Crippen molar-refractivity contribution in [2.75, 3.05) is 13.2 Å². The van der Waals surface area contributed by atoms with Gasteiger partial charge in [0, 0.05) is 0 Å². The number of ether oxygens (including phenoxy) is 2. The van der Waals surface area contributed by atoms with Crippen LogP contribution in [0.25, 0.3) is 0 Å². The van der Waals surface area contributed by atoms with Crippen LogP contribution < -0.4 is 0 Å². The first kappa shape index (κ1) is 19.9. The zero-order valence-corrected chi connectivity index (χ0v) is 12.8. The Balaban J connectivity index is 2.66. The van der Waals surface area contributed by atoms with Crippen LogP contribution in [0.4, 0.5) is 22.0 Å². The van der Waals surface area contributed by atoms with Gasteiger partial charge in [-0.2, -0.15) is 22.0 Å². The molecule has 0 heterocycles. The lowest BCUT2D eigenvalue weighted by Gasteiger charge is -2.19. The van der Waals surface area contributed by atoms with E-state index in [0.29, 0.717) is 0 Å². The van der Waals surface area contributed by atoms with Gasteiger partial charge in [-0.3, -0.25) is 0 Å². The minimum atomic E-state index is -5.81. The van der Waals surface area contributed by atoms with Crippen LogP contribution in [0.5, 0.6) is 0 Å². The van der Waals surface area contributed by atoms with Crippen molar-refractivity contribution < 1.29 is 41.0 Å². The Morgan fingerprint density at radius 3 is 1.71 bits per heavy atom. The largest absolute Gasteiger partial charge is 0.462 e. The van der Waals surface area contributed by atoms with Crippen LogP contribution in [-0.2, 0) is 9.47 Å². The van der Waals surface area contributed by atoms with Gasteiger partial charge < -0.3 is 9.47 Å². The predicted octanol–water partition coefficient (Wildman–Crippen LogP) is 3.85. The molecule has 0 aromatic heterocycles. The summed E-state index contributed by atoms with van der Waals surface area (Å²) < 4.78 is 70.1. The fourth-order valence-electron chi connectivity index (χ4n) is 1.39. The number of hydrogen-bond donors (Lipinski definition) is 0. The van der Waals surface area contributed by atoms with Crippen LogP contribution in [0, 0.1) is 5.92 Å². The molecule has 24 heavy (non-hydrogen) atoms. The van der Waals surface area contributed by atoms with E-state index < -0.39 is 30.6 Å². The smallest absolute Gasteiger partial charge is 0.456 e. The summed E-state index contributed by atoms with van der Waals surface area (Å²) >= 11 is 0. The van der Waals surface area contributed by atoms with Gasteiger partial charge in [0.05, 0.1) is 17.7 Å². The summed E-state index contributed by atoms with van der Waals surface area (Å²) in [6.45, 7) is 1.74. The number of hydrogen-bond acceptors (Lipinski definition) is 4. The Bertz CT molecular complexity index is 579. The van der Waals surface area contributed by atoms with Gasteiger partial charge in [0.15, 0.2) is 6.61 Å². The summed E-state index contributed by atoms with van der Waals surface area (Å²) in [5.74, 6) is -7.02. The average molecular weight is 354 g/mol. The lowest BCUT2D eigenvalue weighted by atomic mass is 10.1. The zero-order valence-electron chi connectivity index (χ0n) is 12.8. The van der Waals surface area contributed by atoms with Crippen molar-refractivity contribution in [3.8, 4) is 0 Å². The van der Waals surface area contributed by atoms with Crippen molar-refractivity contribution in [2.24, 2.45) is 5.92 Å². The molecular weight excluding hydrogens is 339 g/mol. The fourth-order valence-corrected chi connectivity index (χ4v) is 1.39. The quantitative estimate of drug-likeness (QED) is 0.575. The highest BCUT2D eigenvalue weighted by Crippen LogP contribution is 2.35. The van der Waals surface area contributed by atoms with Crippen LogP contribution in [0.1, 0.15) is 34.6 Å². The number of carbonyl (C=O) groups excluding carboxylic acids is 2. The van der Waals surface area contributed by atoms with Crippen molar-refractivity contribution >= 4 is 11.9 Å². The summed E-state index contributed by atoms with van der Waals surface area (Å²) in [6, 6.07) is 4.50. The average Bonchev–Trinajstić information content (AvgIpc) is 2.49. The van der Waals surface area contributed by atoms with E-state index in [4.69, 9.17) is 4.74 Å². The van der Waals surface area contributed by atoms with Gasteiger partial charge in [0.25, 0.3) is 0 Å². The first-order chi connectivity index (χ1) is 10.9. The van der Waals surface area contributed by atoms with Crippen LogP contribution in [-0.4, -0.2) is 37.3 Å². The van der Waals surface area contributed by atoms with E-state index in [-0.39, 0.29) is 23.7 Å². The molecule has 0 aliphatic rings. The molecular formula is C15H15F5O4. The summed E-state index contributed by atoms with van der Waals surface area (Å²) in [7, 11) is 0. The molecule has 1 aromatic rings. The second-order valence-corrected chi connectivity index (χ2v) is 5.35. The molecule has 4 nitrogen and oxygen atoms in total. The molecule has 0 aliphatic heterocycles. The minimum absolute atomic E-state index is 0.104. The number of benzene rings is 1. The Morgan fingerprint density at radius 2 is 1.33 bits per heavy atom. The highest BCUT2D eigenvalue weighted by molar-refractivity contribution is 5.93. The van der Waals surface area contributed by atoms with Crippen LogP contribution in [0.2, 0.25) is 0 Å². The molecule has 0 amide bonds. The second kappa shape index (κ2) is 7.59.